The molecule has 1 N–H and O–H groups in total. The van der Waals surface area contributed by atoms with Gasteiger partial charge in [0.2, 0.25) is 0 Å². The van der Waals surface area contributed by atoms with E-state index in [9.17, 15) is 0 Å². The number of aryl methyl sites for hydroxylation is 2. The van der Waals surface area contributed by atoms with Crippen molar-refractivity contribution >= 4 is 17.2 Å². The first-order valence-corrected chi connectivity index (χ1v) is 10.5. The van der Waals surface area contributed by atoms with Crippen LogP contribution in [0.25, 0.3) is 0 Å². The molecule has 3 aromatic rings. The zero-order valence-electron chi connectivity index (χ0n) is 18.5. The lowest BCUT2D eigenvalue weighted by Crippen LogP contribution is -2.16. The highest BCUT2D eigenvalue weighted by atomic mass is 15.0. The molecule has 0 aromatic heterocycles. The summed E-state index contributed by atoms with van der Waals surface area (Å²) >= 11 is 0. The quantitative estimate of drug-likeness (QED) is 0.353. The highest BCUT2D eigenvalue weighted by Crippen LogP contribution is 2.32. The Labute approximate surface area is 175 Å². The molecule has 150 valence electrons. The van der Waals surface area contributed by atoms with Crippen LogP contribution in [0.5, 0.6) is 0 Å². The number of nitrogens with one attached hydrogen (secondary N) is 1. The number of nitrogens with zero attached hydrogens (tertiary/aromatic N) is 1. The fourth-order valence-corrected chi connectivity index (χ4v) is 3.63. The second-order valence-electron chi connectivity index (χ2n) is 8.31. The summed E-state index contributed by atoms with van der Waals surface area (Å²) in [5.74, 6) is 1.73. The largest absolute Gasteiger partial charge is 0.339 e. The van der Waals surface area contributed by atoms with Crippen molar-refractivity contribution in [2.24, 2.45) is 4.99 Å². The lowest BCUT2D eigenvalue weighted by Gasteiger charge is -2.20. The molecule has 2 nitrogen and oxygen atoms in total. The van der Waals surface area contributed by atoms with Crippen molar-refractivity contribution in [3.8, 4) is 0 Å². The summed E-state index contributed by atoms with van der Waals surface area (Å²) in [6.45, 7) is 13.2. The van der Waals surface area contributed by atoms with Gasteiger partial charge in [0, 0.05) is 11.3 Å². The highest BCUT2D eigenvalue weighted by Gasteiger charge is 2.15. The summed E-state index contributed by atoms with van der Waals surface area (Å²) in [5.41, 5.74) is 8.31. The van der Waals surface area contributed by atoms with Gasteiger partial charge in [-0.15, -0.1) is 0 Å². The van der Waals surface area contributed by atoms with Crippen LogP contribution in [0.1, 0.15) is 67.3 Å². The maximum Gasteiger partial charge on any atom is 0.138 e. The number of benzene rings is 3. The molecule has 0 heterocycles. The van der Waals surface area contributed by atoms with Gasteiger partial charge in [0.15, 0.2) is 0 Å². The smallest absolute Gasteiger partial charge is 0.138 e. The van der Waals surface area contributed by atoms with E-state index in [-0.39, 0.29) is 0 Å². The van der Waals surface area contributed by atoms with E-state index in [0.717, 1.165) is 22.8 Å². The molecule has 0 atom stereocenters. The maximum absolute atomic E-state index is 5.19. The van der Waals surface area contributed by atoms with Crippen LogP contribution in [-0.4, -0.2) is 5.84 Å². The summed E-state index contributed by atoms with van der Waals surface area (Å²) in [6, 6.07) is 23.3. The number of amidine groups is 1. The summed E-state index contributed by atoms with van der Waals surface area (Å²) in [6.07, 6.45) is 0. The lowest BCUT2D eigenvalue weighted by atomic mass is 9.97. The predicted octanol–water partition coefficient (Wildman–Crippen LogP) is 7.74. The average molecular weight is 385 g/mol. The highest BCUT2D eigenvalue weighted by molar-refractivity contribution is 6.10. The molecule has 2 heteroatoms. The van der Waals surface area contributed by atoms with Crippen LogP contribution in [0.4, 0.5) is 11.4 Å². The van der Waals surface area contributed by atoms with Gasteiger partial charge in [0.1, 0.15) is 5.84 Å². The summed E-state index contributed by atoms with van der Waals surface area (Å²) in [5, 5.41) is 3.71. The van der Waals surface area contributed by atoms with Crippen LogP contribution in [0.2, 0.25) is 0 Å². The monoisotopic (exact) mass is 384 g/mol. The van der Waals surface area contributed by atoms with E-state index in [0.29, 0.717) is 11.8 Å². The summed E-state index contributed by atoms with van der Waals surface area (Å²) < 4.78 is 0. The van der Waals surface area contributed by atoms with Crippen LogP contribution >= 0.6 is 0 Å². The predicted molar refractivity (Wildman–Crippen MR) is 127 cm³/mol. The average Bonchev–Trinajstić information content (AvgIpc) is 2.70. The van der Waals surface area contributed by atoms with Gasteiger partial charge < -0.3 is 5.32 Å². The number of aliphatic imine (C=N–C) groups is 1. The number of anilines is 1. The molecule has 0 saturated carbocycles. The number of hydrogen-bond donors (Lipinski definition) is 1. The third kappa shape index (κ3) is 4.76. The molecule has 0 radical (unpaired) electrons. The van der Waals surface area contributed by atoms with Gasteiger partial charge in [-0.3, -0.25) is 0 Å². The first kappa shape index (κ1) is 20.9. The molecule has 3 rings (SSSR count). The molecular formula is C27H32N2. The van der Waals surface area contributed by atoms with E-state index in [2.05, 4.69) is 108 Å². The Morgan fingerprint density at radius 2 is 1.28 bits per heavy atom. The molecule has 0 saturated heterocycles. The zero-order valence-corrected chi connectivity index (χ0v) is 18.5. The van der Waals surface area contributed by atoms with Gasteiger partial charge >= 0.3 is 0 Å². The Balaban J connectivity index is 2.19. The van der Waals surface area contributed by atoms with E-state index in [1.54, 1.807) is 0 Å². The normalized spacial score (nSPS) is 11.9. The molecule has 0 aliphatic heterocycles. The summed E-state index contributed by atoms with van der Waals surface area (Å²) in [7, 11) is 0. The van der Waals surface area contributed by atoms with Crippen LogP contribution in [-0.2, 0) is 0 Å². The maximum atomic E-state index is 5.19. The SMILES string of the molecule is Cc1cccc(C(C)C)c1N=C(Nc1c(C)cccc1C(C)C)c1ccccc1. The van der Waals surface area contributed by atoms with Gasteiger partial charge in [-0.25, -0.2) is 4.99 Å². The topological polar surface area (TPSA) is 24.4 Å². The van der Waals surface area contributed by atoms with Gasteiger partial charge in [0.05, 0.1) is 5.69 Å². The van der Waals surface area contributed by atoms with Crippen molar-refractivity contribution in [2.75, 3.05) is 5.32 Å². The Bertz CT molecular complexity index is 998. The molecule has 0 amide bonds. The number of para-hydroxylation sites is 2. The third-order valence-electron chi connectivity index (χ3n) is 5.33. The van der Waals surface area contributed by atoms with Crippen LogP contribution in [0.3, 0.4) is 0 Å². The summed E-state index contributed by atoms with van der Waals surface area (Å²) in [4.78, 5) is 5.19. The van der Waals surface area contributed by atoms with Gasteiger partial charge in [0.25, 0.3) is 0 Å². The number of hydrogen-bond acceptors (Lipinski definition) is 1. The van der Waals surface area contributed by atoms with Crippen molar-refractivity contribution in [1.82, 2.24) is 0 Å². The Kier molecular flexibility index (Phi) is 6.53. The van der Waals surface area contributed by atoms with Gasteiger partial charge in [-0.05, 0) is 47.9 Å². The van der Waals surface area contributed by atoms with E-state index >= 15 is 0 Å². The molecule has 0 bridgehead atoms. The van der Waals surface area contributed by atoms with E-state index in [4.69, 9.17) is 4.99 Å². The van der Waals surface area contributed by atoms with Crippen LogP contribution in [0.15, 0.2) is 71.7 Å². The zero-order chi connectivity index (χ0) is 21.0. The molecule has 3 aromatic carbocycles. The molecule has 0 aliphatic carbocycles. The minimum atomic E-state index is 0.412. The Hall–Kier alpha value is -2.87. The van der Waals surface area contributed by atoms with Crippen molar-refractivity contribution in [3.05, 3.63) is 94.5 Å². The molecule has 0 fully saturated rings. The molecule has 0 aliphatic rings. The lowest BCUT2D eigenvalue weighted by molar-refractivity contribution is 0.864. The molecule has 0 spiro atoms. The third-order valence-corrected chi connectivity index (χ3v) is 5.33. The van der Waals surface area contributed by atoms with Crippen LogP contribution < -0.4 is 5.32 Å². The van der Waals surface area contributed by atoms with Gasteiger partial charge in [-0.2, -0.15) is 0 Å². The van der Waals surface area contributed by atoms with Crippen molar-refractivity contribution in [3.63, 3.8) is 0 Å². The first-order chi connectivity index (χ1) is 13.9. The number of rotatable bonds is 5. The van der Waals surface area contributed by atoms with Crippen molar-refractivity contribution < 1.29 is 0 Å². The molecule has 0 unspecified atom stereocenters. The van der Waals surface area contributed by atoms with E-state index in [1.165, 1.54) is 22.3 Å². The van der Waals surface area contributed by atoms with Crippen molar-refractivity contribution in [1.29, 1.82) is 0 Å². The van der Waals surface area contributed by atoms with E-state index < -0.39 is 0 Å². The Morgan fingerprint density at radius 1 is 0.690 bits per heavy atom. The fourth-order valence-electron chi connectivity index (χ4n) is 3.63. The van der Waals surface area contributed by atoms with E-state index in [1.807, 2.05) is 6.07 Å². The molecule has 29 heavy (non-hydrogen) atoms. The second kappa shape index (κ2) is 9.09. The molecular weight excluding hydrogens is 352 g/mol. The van der Waals surface area contributed by atoms with Gasteiger partial charge in [-0.1, -0.05) is 94.4 Å². The second-order valence-corrected chi connectivity index (χ2v) is 8.31. The van der Waals surface area contributed by atoms with Crippen LogP contribution in [0, 0.1) is 13.8 Å². The standard InChI is InChI=1S/C27H32N2/c1-18(2)23-16-10-12-20(5)25(23)28-27(22-14-8-7-9-15-22)29-26-21(6)13-11-17-24(26)19(3)4/h7-19H,1-6H3,(H,28,29). The Morgan fingerprint density at radius 3 is 1.90 bits per heavy atom. The van der Waals surface area contributed by atoms with Crippen molar-refractivity contribution in [2.45, 2.75) is 53.4 Å². The first-order valence-electron chi connectivity index (χ1n) is 10.5. The fraction of sp³-hybridized carbons (Fsp3) is 0.296. The minimum absolute atomic E-state index is 0.412. The minimum Gasteiger partial charge on any atom is -0.339 e.